The van der Waals surface area contributed by atoms with E-state index in [4.69, 9.17) is 0 Å². The summed E-state index contributed by atoms with van der Waals surface area (Å²) in [6.07, 6.45) is 0. The third kappa shape index (κ3) is 2.62. The zero-order valence-corrected chi connectivity index (χ0v) is 12.1. The summed E-state index contributed by atoms with van der Waals surface area (Å²) in [6.45, 7) is 0. The van der Waals surface area contributed by atoms with E-state index < -0.39 is 22.3 Å². The molecule has 0 amide bonds. The summed E-state index contributed by atoms with van der Waals surface area (Å²) in [5.41, 5.74) is 0.475. The van der Waals surface area contributed by atoms with Gasteiger partial charge in [-0.2, -0.15) is 0 Å². The largest absolute Gasteiger partial charge is 0.207 e. The average Bonchev–Trinajstić information content (AvgIpc) is 2.32. The van der Waals surface area contributed by atoms with Crippen molar-refractivity contribution in [3.63, 3.8) is 0 Å². The monoisotopic (exact) mass is 378 g/mol. The van der Waals surface area contributed by atoms with Crippen LogP contribution in [0.2, 0.25) is 0 Å². The molecule has 0 N–H and O–H groups in total. The zero-order chi connectivity index (χ0) is 13.3. The summed E-state index contributed by atoms with van der Waals surface area (Å²) in [5, 5.41) is 0. The van der Waals surface area contributed by atoms with E-state index in [9.17, 15) is 13.2 Å². The number of rotatable bonds is 2. The molecule has 2 aromatic rings. The van der Waals surface area contributed by atoms with Gasteiger partial charge in [0.25, 0.3) is 0 Å². The van der Waals surface area contributed by atoms with Crippen molar-refractivity contribution >= 4 is 31.9 Å². The maximum atomic E-state index is 13.9. The molecule has 2 aromatic carbocycles. The van der Waals surface area contributed by atoms with Crippen LogP contribution < -0.4 is 0 Å². The van der Waals surface area contributed by atoms with Gasteiger partial charge in [0.2, 0.25) is 0 Å². The maximum Gasteiger partial charge on any atom is 0.142 e. The number of alkyl halides is 1. The fourth-order valence-electron chi connectivity index (χ4n) is 1.59. The number of hydrogen-bond donors (Lipinski definition) is 0. The predicted molar refractivity (Wildman–Crippen MR) is 71.2 cm³/mol. The highest BCUT2D eigenvalue weighted by atomic mass is 79.9. The molecule has 18 heavy (non-hydrogen) atoms. The first kappa shape index (κ1) is 13.6. The minimum atomic E-state index is -0.712. The molecular formula is C13H7Br2F3. The highest BCUT2D eigenvalue weighted by Gasteiger charge is 2.19. The molecule has 5 heteroatoms. The average molecular weight is 380 g/mol. The Morgan fingerprint density at radius 1 is 0.944 bits per heavy atom. The van der Waals surface area contributed by atoms with Crippen LogP contribution in [0.5, 0.6) is 0 Å². The van der Waals surface area contributed by atoms with Gasteiger partial charge in [0, 0.05) is 17.2 Å². The molecule has 0 fully saturated rings. The third-order valence-electron chi connectivity index (χ3n) is 2.49. The van der Waals surface area contributed by atoms with Gasteiger partial charge in [-0.3, -0.25) is 0 Å². The minimum absolute atomic E-state index is 0.188. The number of benzene rings is 2. The van der Waals surface area contributed by atoms with Crippen LogP contribution in [0.3, 0.4) is 0 Å². The Morgan fingerprint density at radius 2 is 1.67 bits per heavy atom. The van der Waals surface area contributed by atoms with Crippen molar-refractivity contribution < 1.29 is 13.2 Å². The lowest BCUT2D eigenvalue weighted by Gasteiger charge is -2.13. The lowest BCUT2D eigenvalue weighted by atomic mass is 10.0. The van der Waals surface area contributed by atoms with Gasteiger partial charge in [-0.1, -0.05) is 34.1 Å². The van der Waals surface area contributed by atoms with Crippen LogP contribution in [-0.2, 0) is 0 Å². The van der Waals surface area contributed by atoms with E-state index in [2.05, 4.69) is 31.9 Å². The van der Waals surface area contributed by atoms with Gasteiger partial charge in [0.15, 0.2) is 0 Å². The molecule has 0 aliphatic carbocycles. The van der Waals surface area contributed by atoms with Gasteiger partial charge < -0.3 is 0 Å². The van der Waals surface area contributed by atoms with Crippen molar-refractivity contribution in [2.24, 2.45) is 0 Å². The molecule has 0 saturated carbocycles. The maximum absolute atomic E-state index is 13.9. The summed E-state index contributed by atoms with van der Waals surface area (Å²) in [5.74, 6) is -1.84. The smallest absolute Gasteiger partial charge is 0.142 e. The van der Waals surface area contributed by atoms with Crippen LogP contribution in [0.15, 0.2) is 40.9 Å². The van der Waals surface area contributed by atoms with Crippen LogP contribution in [-0.4, -0.2) is 0 Å². The highest BCUT2D eigenvalue weighted by molar-refractivity contribution is 9.10. The van der Waals surface area contributed by atoms with Gasteiger partial charge >= 0.3 is 0 Å². The molecule has 0 spiro atoms. The Labute approximate surface area is 119 Å². The lowest BCUT2D eigenvalue weighted by Crippen LogP contribution is -2.00. The highest BCUT2D eigenvalue weighted by Crippen LogP contribution is 2.35. The Balaban J connectivity index is 2.48. The number of halogens is 5. The van der Waals surface area contributed by atoms with Gasteiger partial charge in [0.1, 0.15) is 17.5 Å². The van der Waals surface area contributed by atoms with Gasteiger partial charge in [0.05, 0.1) is 9.30 Å². The zero-order valence-electron chi connectivity index (χ0n) is 8.93. The van der Waals surface area contributed by atoms with Crippen molar-refractivity contribution in [3.8, 4) is 0 Å². The Hall–Kier alpha value is -0.810. The normalized spacial score (nSPS) is 12.5. The fraction of sp³-hybridized carbons (Fsp3) is 0.0769. The van der Waals surface area contributed by atoms with Crippen LogP contribution in [0.1, 0.15) is 16.0 Å². The van der Waals surface area contributed by atoms with Crippen molar-refractivity contribution in [2.45, 2.75) is 4.83 Å². The molecule has 1 atom stereocenters. The molecule has 0 heterocycles. The molecule has 0 saturated heterocycles. The quantitative estimate of drug-likeness (QED) is 0.617. The van der Waals surface area contributed by atoms with Gasteiger partial charge in [-0.05, 0) is 28.1 Å². The second kappa shape index (κ2) is 5.45. The van der Waals surface area contributed by atoms with E-state index in [0.717, 1.165) is 12.1 Å². The second-order valence-electron chi connectivity index (χ2n) is 3.67. The van der Waals surface area contributed by atoms with Gasteiger partial charge in [-0.15, -0.1) is 0 Å². The molecule has 0 bridgehead atoms. The van der Waals surface area contributed by atoms with Crippen LogP contribution in [0.4, 0.5) is 13.2 Å². The molecule has 0 aliphatic rings. The SMILES string of the molecule is Fc1ccc(C(Br)c2cccc(Br)c2F)c(F)c1. The summed E-state index contributed by atoms with van der Waals surface area (Å²) in [6, 6.07) is 7.96. The summed E-state index contributed by atoms with van der Waals surface area (Å²) < 4.78 is 40.6. The molecule has 2 rings (SSSR count). The predicted octanol–water partition coefficient (Wildman–Crippen LogP) is 5.35. The second-order valence-corrected chi connectivity index (χ2v) is 5.44. The molecule has 0 radical (unpaired) electrons. The van der Waals surface area contributed by atoms with E-state index in [-0.39, 0.29) is 11.1 Å². The molecule has 1 unspecified atom stereocenters. The molecule has 0 aliphatic heterocycles. The molecular weight excluding hydrogens is 373 g/mol. The first-order chi connectivity index (χ1) is 8.50. The van der Waals surface area contributed by atoms with Crippen LogP contribution in [0, 0.1) is 17.5 Å². The van der Waals surface area contributed by atoms with E-state index in [1.54, 1.807) is 18.2 Å². The van der Waals surface area contributed by atoms with Gasteiger partial charge in [-0.25, -0.2) is 13.2 Å². The summed E-state index contributed by atoms with van der Waals surface area (Å²) in [4.78, 5) is -0.671. The van der Waals surface area contributed by atoms with E-state index >= 15 is 0 Å². The first-order valence-corrected chi connectivity index (χ1v) is 6.74. The van der Waals surface area contributed by atoms with Crippen LogP contribution >= 0.6 is 31.9 Å². The third-order valence-corrected chi connectivity index (χ3v) is 4.09. The van der Waals surface area contributed by atoms with Crippen molar-refractivity contribution in [1.29, 1.82) is 0 Å². The van der Waals surface area contributed by atoms with E-state index in [1.165, 1.54) is 6.07 Å². The standard InChI is InChI=1S/C13H7Br2F3/c14-10-3-1-2-9(13(10)18)12(15)8-5-4-7(16)6-11(8)17/h1-6,12H. The number of hydrogen-bond acceptors (Lipinski definition) is 0. The van der Waals surface area contributed by atoms with Crippen molar-refractivity contribution in [2.75, 3.05) is 0 Å². The summed E-state index contributed by atoms with van der Waals surface area (Å²) in [7, 11) is 0. The lowest BCUT2D eigenvalue weighted by molar-refractivity contribution is 0.570. The first-order valence-electron chi connectivity index (χ1n) is 5.03. The van der Waals surface area contributed by atoms with Crippen LogP contribution in [0.25, 0.3) is 0 Å². The van der Waals surface area contributed by atoms with Crippen molar-refractivity contribution in [3.05, 3.63) is 69.4 Å². The van der Waals surface area contributed by atoms with E-state index in [1.807, 2.05) is 0 Å². The Morgan fingerprint density at radius 3 is 2.33 bits per heavy atom. The molecule has 94 valence electrons. The van der Waals surface area contributed by atoms with Crippen molar-refractivity contribution in [1.82, 2.24) is 0 Å². The Bertz CT molecular complexity index is 584. The summed E-state index contributed by atoms with van der Waals surface area (Å²) >= 11 is 6.30. The molecule has 0 nitrogen and oxygen atoms in total. The fourth-order valence-corrected chi connectivity index (χ4v) is 2.70. The van der Waals surface area contributed by atoms with E-state index in [0.29, 0.717) is 4.47 Å². The minimum Gasteiger partial charge on any atom is -0.207 e. The molecule has 0 aromatic heterocycles. The Kier molecular flexibility index (Phi) is 4.12. The topological polar surface area (TPSA) is 0 Å².